The highest BCUT2D eigenvalue weighted by Gasteiger charge is 2.21. The van der Waals surface area contributed by atoms with Crippen LogP contribution in [0.4, 0.5) is 5.69 Å². The first-order chi connectivity index (χ1) is 11.3. The molecule has 3 heterocycles. The highest BCUT2D eigenvalue weighted by Crippen LogP contribution is 2.23. The molecule has 6 nitrogen and oxygen atoms in total. The monoisotopic (exact) mass is 310 g/mol. The number of furan rings is 1. The molecular weight excluding hydrogens is 292 g/mol. The van der Waals surface area contributed by atoms with Gasteiger partial charge in [-0.2, -0.15) is 0 Å². The summed E-state index contributed by atoms with van der Waals surface area (Å²) in [5.41, 5.74) is 2.49. The second kappa shape index (κ2) is 5.89. The molecule has 1 saturated heterocycles. The number of fused-ring (bicyclic) bond motifs is 1. The number of anilines is 1. The number of benzene rings is 1. The van der Waals surface area contributed by atoms with Crippen molar-refractivity contribution in [3.05, 3.63) is 36.6 Å². The molecular formula is C17H18N4O2. The molecule has 118 valence electrons. The predicted octanol–water partition coefficient (Wildman–Crippen LogP) is 2.76. The van der Waals surface area contributed by atoms with Crippen molar-refractivity contribution in [2.45, 2.75) is 12.8 Å². The van der Waals surface area contributed by atoms with E-state index in [-0.39, 0.29) is 11.8 Å². The van der Waals surface area contributed by atoms with Crippen molar-refractivity contribution in [2.24, 2.45) is 5.92 Å². The SMILES string of the molecule is O=C(Nc1ccc2nc(-c3ccco3)[nH]c2c1)C1CCCNC1. The topological polar surface area (TPSA) is 83.0 Å². The number of nitrogens with zero attached hydrogens (tertiary/aromatic N) is 1. The largest absolute Gasteiger partial charge is 0.461 e. The van der Waals surface area contributed by atoms with E-state index in [1.54, 1.807) is 6.26 Å². The number of H-pyrrole nitrogens is 1. The number of imidazole rings is 1. The Morgan fingerprint density at radius 2 is 2.30 bits per heavy atom. The van der Waals surface area contributed by atoms with Crippen molar-refractivity contribution in [3.8, 4) is 11.6 Å². The van der Waals surface area contributed by atoms with Crippen LogP contribution < -0.4 is 10.6 Å². The van der Waals surface area contributed by atoms with Crippen LogP contribution in [0.2, 0.25) is 0 Å². The van der Waals surface area contributed by atoms with Crippen LogP contribution >= 0.6 is 0 Å². The Balaban J connectivity index is 1.55. The fraction of sp³-hybridized carbons (Fsp3) is 0.294. The van der Waals surface area contributed by atoms with E-state index in [9.17, 15) is 4.79 Å². The Kier molecular flexibility index (Phi) is 3.59. The minimum atomic E-state index is 0.0416. The number of aromatic amines is 1. The molecule has 2 aromatic heterocycles. The lowest BCUT2D eigenvalue weighted by Gasteiger charge is -2.21. The van der Waals surface area contributed by atoms with Gasteiger partial charge in [0.05, 0.1) is 23.2 Å². The van der Waals surface area contributed by atoms with Crippen LogP contribution in [0.3, 0.4) is 0 Å². The van der Waals surface area contributed by atoms with Crippen molar-refractivity contribution in [1.82, 2.24) is 15.3 Å². The molecule has 4 rings (SSSR count). The maximum absolute atomic E-state index is 12.3. The standard InChI is InChI=1S/C17H18N4O2/c22-17(11-3-1-7-18-10-11)19-12-5-6-13-14(9-12)21-16(20-13)15-4-2-8-23-15/h2,4-6,8-9,11,18H,1,3,7,10H2,(H,19,22)(H,20,21). The Morgan fingerprint density at radius 1 is 1.35 bits per heavy atom. The van der Waals surface area contributed by atoms with Crippen molar-refractivity contribution < 1.29 is 9.21 Å². The number of carbonyl (C=O) groups excluding carboxylic acids is 1. The Bertz CT molecular complexity index is 816. The number of carbonyl (C=O) groups is 1. The first-order valence-electron chi connectivity index (χ1n) is 7.85. The molecule has 0 spiro atoms. The maximum atomic E-state index is 12.3. The fourth-order valence-electron chi connectivity index (χ4n) is 2.94. The van der Waals surface area contributed by atoms with E-state index in [4.69, 9.17) is 4.42 Å². The third kappa shape index (κ3) is 2.85. The number of nitrogens with one attached hydrogen (secondary N) is 3. The Labute approximate surface area is 133 Å². The summed E-state index contributed by atoms with van der Waals surface area (Å²) in [4.78, 5) is 20.0. The molecule has 1 aliphatic rings. The van der Waals surface area contributed by atoms with Gasteiger partial charge in [-0.1, -0.05) is 0 Å². The van der Waals surface area contributed by atoms with Crippen LogP contribution in [0.25, 0.3) is 22.6 Å². The molecule has 1 amide bonds. The second-order valence-corrected chi connectivity index (χ2v) is 5.83. The summed E-state index contributed by atoms with van der Waals surface area (Å²) in [5.74, 6) is 1.49. The molecule has 3 N–H and O–H groups in total. The summed E-state index contributed by atoms with van der Waals surface area (Å²) in [7, 11) is 0. The smallest absolute Gasteiger partial charge is 0.228 e. The van der Waals surface area contributed by atoms with Crippen LogP contribution in [0.5, 0.6) is 0 Å². The molecule has 6 heteroatoms. The molecule has 1 atom stereocenters. The van der Waals surface area contributed by atoms with Gasteiger partial charge >= 0.3 is 0 Å². The van der Waals surface area contributed by atoms with E-state index in [1.165, 1.54) is 0 Å². The van der Waals surface area contributed by atoms with Gasteiger partial charge in [0, 0.05) is 12.2 Å². The van der Waals surface area contributed by atoms with Gasteiger partial charge in [-0.05, 0) is 49.7 Å². The number of rotatable bonds is 3. The highest BCUT2D eigenvalue weighted by atomic mass is 16.3. The summed E-state index contributed by atoms with van der Waals surface area (Å²) in [6.45, 7) is 1.75. The number of amides is 1. The normalized spacial score (nSPS) is 18.2. The molecule has 23 heavy (non-hydrogen) atoms. The van der Waals surface area contributed by atoms with Crippen LogP contribution in [0, 0.1) is 5.92 Å². The Hall–Kier alpha value is -2.60. The minimum absolute atomic E-state index is 0.0416. The number of hydrogen-bond acceptors (Lipinski definition) is 4. The van der Waals surface area contributed by atoms with Crippen LogP contribution in [0.1, 0.15) is 12.8 Å². The van der Waals surface area contributed by atoms with E-state index in [2.05, 4.69) is 20.6 Å². The zero-order valence-corrected chi connectivity index (χ0v) is 12.6. The third-order valence-electron chi connectivity index (χ3n) is 4.17. The lowest BCUT2D eigenvalue weighted by Crippen LogP contribution is -2.37. The summed E-state index contributed by atoms with van der Waals surface area (Å²) in [5, 5.41) is 6.26. The number of aromatic nitrogens is 2. The zero-order valence-electron chi connectivity index (χ0n) is 12.6. The molecule has 1 aromatic carbocycles. The molecule has 1 fully saturated rings. The van der Waals surface area contributed by atoms with Crippen LogP contribution in [-0.4, -0.2) is 29.0 Å². The summed E-state index contributed by atoms with van der Waals surface area (Å²) in [6, 6.07) is 9.36. The highest BCUT2D eigenvalue weighted by molar-refractivity contribution is 5.95. The number of hydrogen-bond donors (Lipinski definition) is 3. The van der Waals surface area contributed by atoms with Crippen molar-refractivity contribution in [2.75, 3.05) is 18.4 Å². The minimum Gasteiger partial charge on any atom is -0.461 e. The van der Waals surface area contributed by atoms with Gasteiger partial charge in [0.25, 0.3) is 0 Å². The van der Waals surface area contributed by atoms with E-state index in [0.717, 1.165) is 42.7 Å². The zero-order chi connectivity index (χ0) is 15.6. The van der Waals surface area contributed by atoms with E-state index < -0.39 is 0 Å². The van der Waals surface area contributed by atoms with Crippen LogP contribution in [0.15, 0.2) is 41.0 Å². The summed E-state index contributed by atoms with van der Waals surface area (Å²) in [6.07, 6.45) is 3.60. The average Bonchev–Trinajstić information content (AvgIpc) is 3.24. The van der Waals surface area contributed by atoms with Gasteiger partial charge in [0.2, 0.25) is 5.91 Å². The second-order valence-electron chi connectivity index (χ2n) is 5.83. The van der Waals surface area contributed by atoms with Crippen molar-refractivity contribution in [3.63, 3.8) is 0 Å². The van der Waals surface area contributed by atoms with Gasteiger partial charge in [0.1, 0.15) is 0 Å². The molecule has 1 aliphatic heterocycles. The van der Waals surface area contributed by atoms with Crippen molar-refractivity contribution in [1.29, 1.82) is 0 Å². The lowest BCUT2D eigenvalue weighted by atomic mass is 9.99. The molecule has 0 aliphatic carbocycles. The first-order valence-corrected chi connectivity index (χ1v) is 7.85. The van der Waals surface area contributed by atoms with Gasteiger partial charge in [0.15, 0.2) is 11.6 Å². The molecule has 0 saturated carbocycles. The van der Waals surface area contributed by atoms with E-state index in [0.29, 0.717) is 11.6 Å². The molecule has 3 aromatic rings. The molecule has 0 bridgehead atoms. The van der Waals surface area contributed by atoms with Gasteiger partial charge in [-0.25, -0.2) is 4.98 Å². The molecule has 1 unspecified atom stereocenters. The average molecular weight is 310 g/mol. The van der Waals surface area contributed by atoms with Gasteiger partial charge < -0.3 is 20.0 Å². The lowest BCUT2D eigenvalue weighted by molar-refractivity contribution is -0.120. The van der Waals surface area contributed by atoms with Gasteiger partial charge in [-0.15, -0.1) is 0 Å². The predicted molar refractivity (Wildman–Crippen MR) is 88.0 cm³/mol. The Morgan fingerprint density at radius 3 is 3.09 bits per heavy atom. The van der Waals surface area contributed by atoms with Crippen molar-refractivity contribution >= 4 is 22.6 Å². The first kappa shape index (κ1) is 14.0. The quantitative estimate of drug-likeness (QED) is 0.694. The van der Waals surface area contributed by atoms with Gasteiger partial charge in [-0.3, -0.25) is 4.79 Å². The number of piperidine rings is 1. The van der Waals surface area contributed by atoms with Crippen LogP contribution in [-0.2, 0) is 4.79 Å². The summed E-state index contributed by atoms with van der Waals surface area (Å²) >= 11 is 0. The van der Waals surface area contributed by atoms with E-state index in [1.807, 2.05) is 30.3 Å². The van der Waals surface area contributed by atoms with E-state index >= 15 is 0 Å². The fourth-order valence-corrected chi connectivity index (χ4v) is 2.94. The summed E-state index contributed by atoms with van der Waals surface area (Å²) < 4.78 is 5.35. The third-order valence-corrected chi connectivity index (χ3v) is 4.17. The molecule has 0 radical (unpaired) electrons. The maximum Gasteiger partial charge on any atom is 0.228 e.